The second-order valence-electron chi connectivity index (χ2n) is 5.62. The second kappa shape index (κ2) is 6.90. The number of hydrogen-bond donors (Lipinski definition) is 1. The molecule has 1 heterocycles. The lowest BCUT2D eigenvalue weighted by atomic mass is 9.90. The molecule has 0 aliphatic carbocycles. The molecule has 19 heavy (non-hydrogen) atoms. The van der Waals surface area contributed by atoms with Crippen molar-refractivity contribution in [3.05, 3.63) is 0 Å². The van der Waals surface area contributed by atoms with Gasteiger partial charge in [0.25, 0.3) is 0 Å². The summed E-state index contributed by atoms with van der Waals surface area (Å²) < 4.78 is 42.0. The molecule has 0 bridgehead atoms. The van der Waals surface area contributed by atoms with Gasteiger partial charge in [-0.1, -0.05) is 0 Å². The van der Waals surface area contributed by atoms with Gasteiger partial charge in [0.05, 0.1) is 0 Å². The van der Waals surface area contributed by atoms with Crippen LogP contribution in [0.5, 0.6) is 0 Å². The zero-order valence-electron chi connectivity index (χ0n) is 11.8. The number of nitrogens with zero attached hydrogens (tertiary/aromatic N) is 1. The molecule has 0 spiro atoms. The Bertz CT molecular complexity index is 267. The molecule has 114 valence electrons. The number of halogens is 3. The summed E-state index contributed by atoms with van der Waals surface area (Å²) >= 11 is 0. The summed E-state index contributed by atoms with van der Waals surface area (Å²) in [5.41, 5.74) is 5.44. The summed E-state index contributed by atoms with van der Waals surface area (Å²) in [4.78, 5) is 2.16. The van der Waals surface area contributed by atoms with Gasteiger partial charge in [0, 0.05) is 37.8 Å². The van der Waals surface area contributed by atoms with E-state index in [0.717, 1.165) is 26.1 Å². The molecular formula is C13H25F3N2O. The lowest BCUT2D eigenvalue weighted by Crippen LogP contribution is -2.55. The van der Waals surface area contributed by atoms with Gasteiger partial charge in [0.15, 0.2) is 0 Å². The van der Waals surface area contributed by atoms with Gasteiger partial charge in [-0.3, -0.25) is 4.90 Å². The second-order valence-corrected chi connectivity index (χ2v) is 5.62. The van der Waals surface area contributed by atoms with Crippen LogP contribution in [0, 0.1) is 0 Å². The maximum Gasteiger partial charge on any atom is 0.389 e. The molecule has 0 aromatic heterocycles. The van der Waals surface area contributed by atoms with Crippen molar-refractivity contribution in [1.29, 1.82) is 0 Å². The molecule has 0 saturated carbocycles. The van der Waals surface area contributed by atoms with Crippen molar-refractivity contribution in [3.63, 3.8) is 0 Å². The van der Waals surface area contributed by atoms with Crippen LogP contribution in [0.1, 0.15) is 39.0 Å². The van der Waals surface area contributed by atoms with Crippen LogP contribution in [0.4, 0.5) is 13.2 Å². The topological polar surface area (TPSA) is 38.5 Å². The molecule has 3 nitrogen and oxygen atoms in total. The molecule has 1 fully saturated rings. The summed E-state index contributed by atoms with van der Waals surface area (Å²) in [6.07, 6.45) is -2.37. The standard InChI is InChI=1S/C13H25F3N2O/c1-12(10-17,6-3-7-13(14,15)16)18(2)11-4-8-19-9-5-11/h11H,3-10,17H2,1-2H3. The fourth-order valence-electron chi connectivity index (χ4n) is 2.61. The predicted molar refractivity (Wildman–Crippen MR) is 69.0 cm³/mol. The summed E-state index contributed by atoms with van der Waals surface area (Å²) in [6, 6.07) is 0.355. The molecule has 6 heteroatoms. The summed E-state index contributed by atoms with van der Waals surface area (Å²) in [5.74, 6) is 0. The van der Waals surface area contributed by atoms with E-state index in [0.29, 0.717) is 19.0 Å². The third-order valence-electron chi connectivity index (χ3n) is 4.21. The molecule has 2 N–H and O–H groups in total. The van der Waals surface area contributed by atoms with Crippen LogP contribution in [0.25, 0.3) is 0 Å². The maximum atomic E-state index is 12.2. The fraction of sp³-hybridized carbons (Fsp3) is 1.00. The van der Waals surface area contributed by atoms with Gasteiger partial charge < -0.3 is 10.5 Å². The van der Waals surface area contributed by atoms with Gasteiger partial charge in [-0.15, -0.1) is 0 Å². The Kier molecular flexibility index (Phi) is 6.08. The molecule has 0 amide bonds. The minimum absolute atomic E-state index is 0.130. The van der Waals surface area contributed by atoms with Crippen LogP contribution < -0.4 is 5.73 Å². The van der Waals surface area contributed by atoms with Crippen molar-refractivity contribution in [2.24, 2.45) is 5.73 Å². The highest BCUT2D eigenvalue weighted by Crippen LogP contribution is 2.29. The lowest BCUT2D eigenvalue weighted by molar-refractivity contribution is -0.137. The Morgan fingerprint density at radius 2 is 1.79 bits per heavy atom. The highest BCUT2D eigenvalue weighted by atomic mass is 19.4. The Hall–Kier alpha value is -0.330. The van der Waals surface area contributed by atoms with Gasteiger partial charge in [0.1, 0.15) is 0 Å². The molecule has 0 radical (unpaired) electrons. The zero-order chi connectivity index (χ0) is 14.5. The highest BCUT2D eigenvalue weighted by Gasteiger charge is 2.35. The summed E-state index contributed by atoms with van der Waals surface area (Å²) in [7, 11) is 1.97. The Morgan fingerprint density at radius 3 is 2.26 bits per heavy atom. The van der Waals surface area contributed by atoms with E-state index >= 15 is 0 Å². The monoisotopic (exact) mass is 282 g/mol. The summed E-state index contributed by atoms with van der Waals surface area (Å²) in [5, 5.41) is 0. The Balaban J connectivity index is 2.52. The van der Waals surface area contributed by atoms with Crippen molar-refractivity contribution in [3.8, 4) is 0 Å². The van der Waals surface area contributed by atoms with E-state index in [1.807, 2.05) is 14.0 Å². The first-order chi connectivity index (χ1) is 8.78. The van der Waals surface area contributed by atoms with Crippen molar-refractivity contribution >= 4 is 0 Å². The van der Waals surface area contributed by atoms with Crippen molar-refractivity contribution in [1.82, 2.24) is 4.90 Å². The molecule has 1 aliphatic heterocycles. The smallest absolute Gasteiger partial charge is 0.381 e. The summed E-state index contributed by atoms with van der Waals surface area (Å²) in [6.45, 7) is 3.77. The van der Waals surface area contributed by atoms with Crippen LogP contribution >= 0.6 is 0 Å². The van der Waals surface area contributed by atoms with E-state index in [1.54, 1.807) is 0 Å². The molecule has 1 unspecified atom stereocenters. The van der Waals surface area contributed by atoms with E-state index in [1.165, 1.54) is 0 Å². The van der Waals surface area contributed by atoms with Crippen molar-refractivity contribution < 1.29 is 17.9 Å². The number of nitrogens with two attached hydrogens (primary N) is 1. The van der Waals surface area contributed by atoms with Gasteiger partial charge in [-0.2, -0.15) is 13.2 Å². The van der Waals surface area contributed by atoms with Gasteiger partial charge in [-0.05, 0) is 39.7 Å². The number of alkyl halides is 3. The number of hydrogen-bond acceptors (Lipinski definition) is 3. The molecule has 1 saturated heterocycles. The maximum absolute atomic E-state index is 12.2. The third kappa shape index (κ3) is 5.28. The van der Waals surface area contributed by atoms with E-state index in [9.17, 15) is 13.2 Å². The third-order valence-corrected chi connectivity index (χ3v) is 4.21. The SMILES string of the molecule is CN(C1CCOCC1)C(C)(CN)CCCC(F)(F)F. The Morgan fingerprint density at radius 1 is 1.21 bits per heavy atom. The lowest BCUT2D eigenvalue weighted by Gasteiger charge is -2.44. The normalized spacial score (nSPS) is 21.6. The van der Waals surface area contributed by atoms with Crippen molar-refractivity contribution in [2.75, 3.05) is 26.8 Å². The predicted octanol–water partition coefficient (Wildman–Crippen LogP) is 2.55. The largest absolute Gasteiger partial charge is 0.389 e. The van der Waals surface area contributed by atoms with E-state index in [4.69, 9.17) is 10.5 Å². The van der Waals surface area contributed by atoms with E-state index in [2.05, 4.69) is 4.90 Å². The van der Waals surface area contributed by atoms with Crippen LogP contribution in [0.15, 0.2) is 0 Å². The minimum atomic E-state index is -4.08. The van der Waals surface area contributed by atoms with E-state index < -0.39 is 12.6 Å². The first-order valence-corrected chi connectivity index (χ1v) is 6.86. The quantitative estimate of drug-likeness (QED) is 0.813. The van der Waals surface area contributed by atoms with Crippen LogP contribution in [0.3, 0.4) is 0 Å². The molecule has 0 aromatic rings. The van der Waals surface area contributed by atoms with Gasteiger partial charge in [0.2, 0.25) is 0 Å². The first-order valence-electron chi connectivity index (χ1n) is 6.86. The average molecular weight is 282 g/mol. The average Bonchev–Trinajstić information content (AvgIpc) is 2.37. The highest BCUT2D eigenvalue weighted by molar-refractivity contribution is 4.90. The van der Waals surface area contributed by atoms with Gasteiger partial charge >= 0.3 is 6.18 Å². The van der Waals surface area contributed by atoms with Crippen LogP contribution in [-0.2, 0) is 4.74 Å². The fourth-order valence-corrected chi connectivity index (χ4v) is 2.61. The molecule has 1 atom stereocenters. The minimum Gasteiger partial charge on any atom is -0.381 e. The number of ether oxygens (including phenoxy) is 1. The van der Waals surface area contributed by atoms with Crippen LogP contribution in [0.2, 0.25) is 0 Å². The van der Waals surface area contributed by atoms with Gasteiger partial charge in [-0.25, -0.2) is 0 Å². The molecule has 1 aliphatic rings. The number of rotatable bonds is 6. The van der Waals surface area contributed by atoms with Crippen LogP contribution in [-0.4, -0.2) is 49.5 Å². The Labute approximate surface area is 113 Å². The zero-order valence-corrected chi connectivity index (χ0v) is 11.8. The van der Waals surface area contributed by atoms with E-state index in [-0.39, 0.29) is 12.0 Å². The molecular weight excluding hydrogens is 257 g/mol. The molecule has 0 aromatic carbocycles. The molecule has 1 rings (SSSR count). The number of likely N-dealkylation sites (N-methyl/N-ethyl adjacent to an activating group) is 1. The van der Waals surface area contributed by atoms with Crippen molar-refractivity contribution in [2.45, 2.75) is 56.8 Å². The first kappa shape index (κ1) is 16.7.